The molecule has 4 nitrogen and oxygen atoms in total. The van der Waals surface area contributed by atoms with Gasteiger partial charge in [0.05, 0.1) is 0 Å². The van der Waals surface area contributed by atoms with E-state index < -0.39 is 0 Å². The molecular weight excluding hydrogens is 370 g/mol. The van der Waals surface area contributed by atoms with E-state index in [2.05, 4.69) is 20.5 Å². The molecule has 2 aliphatic rings. The van der Waals surface area contributed by atoms with Gasteiger partial charge < -0.3 is 15.5 Å². The average Bonchev–Trinajstić information content (AvgIpc) is 3.53. The van der Waals surface area contributed by atoms with Crippen LogP contribution in [0.3, 0.4) is 0 Å². The van der Waals surface area contributed by atoms with Crippen LogP contribution in [-0.2, 0) is 5.41 Å². The minimum Gasteiger partial charge on any atom is -0.371 e. The van der Waals surface area contributed by atoms with Gasteiger partial charge in [0, 0.05) is 43.8 Å². The highest BCUT2D eigenvalue weighted by atomic mass is 19.1. The number of piperidine rings is 1. The van der Waals surface area contributed by atoms with Gasteiger partial charge in [-0.2, -0.15) is 0 Å². The third-order valence-electron chi connectivity index (χ3n) is 6.13. The summed E-state index contributed by atoms with van der Waals surface area (Å²) < 4.78 is 27.7. The topological polar surface area (TPSA) is 39.7 Å². The van der Waals surface area contributed by atoms with Crippen molar-refractivity contribution in [3.8, 4) is 0 Å². The summed E-state index contributed by atoms with van der Waals surface area (Å²) in [6.45, 7) is 2.42. The molecule has 4 rings (SSSR count). The highest BCUT2D eigenvalue weighted by molar-refractivity contribution is 5.80. The fourth-order valence-corrected chi connectivity index (χ4v) is 4.18. The highest BCUT2D eigenvalue weighted by Gasteiger charge is 2.45. The quantitative estimate of drug-likeness (QED) is 0.594. The van der Waals surface area contributed by atoms with Crippen molar-refractivity contribution in [1.82, 2.24) is 10.6 Å². The lowest BCUT2D eigenvalue weighted by atomic mass is 9.95. The van der Waals surface area contributed by atoms with Crippen LogP contribution in [0, 0.1) is 11.6 Å². The zero-order chi connectivity index (χ0) is 20.3. The first kappa shape index (κ1) is 19.7. The molecule has 0 unspecified atom stereocenters. The van der Waals surface area contributed by atoms with Gasteiger partial charge in [0.25, 0.3) is 0 Å². The van der Waals surface area contributed by atoms with E-state index in [4.69, 9.17) is 0 Å². The van der Waals surface area contributed by atoms with Gasteiger partial charge in [-0.05, 0) is 55.5 Å². The summed E-state index contributed by atoms with van der Waals surface area (Å²) in [6.07, 6.45) is 3.89. The average molecular weight is 399 g/mol. The summed E-state index contributed by atoms with van der Waals surface area (Å²) in [5.41, 5.74) is 1.61. The first-order chi connectivity index (χ1) is 14.1. The molecule has 0 bridgehead atoms. The predicted octanol–water partition coefficient (Wildman–Crippen LogP) is 3.83. The van der Waals surface area contributed by atoms with Crippen molar-refractivity contribution >= 4 is 11.6 Å². The number of guanidine groups is 1. The van der Waals surface area contributed by atoms with Crippen LogP contribution in [0.2, 0.25) is 0 Å². The standard InChI is InChI=1S/C23H28F2N4/c1-26-22(27-16-23(11-12-23)20-7-2-3-8-21(20)25)28-18-9-13-29(14-10-18)19-6-4-5-17(24)15-19/h2-8,15,18H,9-14,16H2,1H3,(H2,26,27,28). The number of benzene rings is 2. The Morgan fingerprint density at radius 3 is 2.52 bits per heavy atom. The molecule has 154 valence electrons. The molecule has 29 heavy (non-hydrogen) atoms. The Bertz CT molecular complexity index is 871. The molecule has 0 atom stereocenters. The van der Waals surface area contributed by atoms with Crippen LogP contribution in [-0.4, -0.2) is 38.7 Å². The summed E-state index contributed by atoms with van der Waals surface area (Å²) in [5.74, 6) is 0.437. The summed E-state index contributed by atoms with van der Waals surface area (Å²) in [4.78, 5) is 6.57. The van der Waals surface area contributed by atoms with E-state index in [9.17, 15) is 8.78 Å². The van der Waals surface area contributed by atoms with E-state index >= 15 is 0 Å². The summed E-state index contributed by atoms with van der Waals surface area (Å²) in [5, 5.41) is 6.90. The van der Waals surface area contributed by atoms with Crippen LogP contribution >= 0.6 is 0 Å². The number of hydrogen-bond acceptors (Lipinski definition) is 2. The Labute approximate surface area is 171 Å². The zero-order valence-corrected chi connectivity index (χ0v) is 16.8. The van der Waals surface area contributed by atoms with Crippen LogP contribution < -0.4 is 15.5 Å². The molecule has 0 amide bonds. The van der Waals surface area contributed by atoms with Crippen LogP contribution in [0.5, 0.6) is 0 Å². The minimum atomic E-state index is -0.198. The van der Waals surface area contributed by atoms with Crippen LogP contribution in [0.4, 0.5) is 14.5 Å². The normalized spacial score (nSPS) is 19.1. The van der Waals surface area contributed by atoms with E-state index in [1.807, 2.05) is 18.2 Å². The van der Waals surface area contributed by atoms with E-state index in [-0.39, 0.29) is 17.0 Å². The van der Waals surface area contributed by atoms with Crippen LogP contribution in [0.25, 0.3) is 0 Å². The fraction of sp³-hybridized carbons (Fsp3) is 0.435. The maximum absolute atomic E-state index is 14.2. The zero-order valence-electron chi connectivity index (χ0n) is 16.8. The summed E-state index contributed by atoms with van der Waals surface area (Å²) in [7, 11) is 1.76. The van der Waals surface area contributed by atoms with E-state index in [0.717, 1.165) is 56.0 Å². The number of nitrogens with one attached hydrogen (secondary N) is 2. The van der Waals surface area contributed by atoms with E-state index in [1.54, 1.807) is 25.2 Å². The maximum atomic E-state index is 14.2. The SMILES string of the molecule is CN=C(NCC1(c2ccccc2F)CC1)NC1CCN(c2cccc(F)c2)CC1. The minimum absolute atomic E-state index is 0.121. The van der Waals surface area contributed by atoms with Gasteiger partial charge >= 0.3 is 0 Å². The Morgan fingerprint density at radius 2 is 1.86 bits per heavy atom. The van der Waals surface area contributed by atoms with Crippen molar-refractivity contribution in [2.24, 2.45) is 4.99 Å². The van der Waals surface area contributed by atoms with Crippen molar-refractivity contribution in [3.05, 3.63) is 65.7 Å². The lowest BCUT2D eigenvalue weighted by Gasteiger charge is -2.34. The number of rotatable bonds is 5. The predicted molar refractivity (Wildman–Crippen MR) is 113 cm³/mol. The number of anilines is 1. The lowest BCUT2D eigenvalue weighted by molar-refractivity contribution is 0.459. The number of halogens is 2. The van der Waals surface area contributed by atoms with Crippen LogP contribution in [0.15, 0.2) is 53.5 Å². The van der Waals surface area contributed by atoms with Crippen molar-refractivity contribution in [2.45, 2.75) is 37.1 Å². The van der Waals surface area contributed by atoms with Gasteiger partial charge in [-0.15, -0.1) is 0 Å². The van der Waals surface area contributed by atoms with Crippen molar-refractivity contribution in [2.75, 3.05) is 31.6 Å². The molecule has 2 fully saturated rings. The number of hydrogen-bond donors (Lipinski definition) is 2. The molecule has 1 aliphatic heterocycles. The van der Waals surface area contributed by atoms with E-state index in [0.29, 0.717) is 12.6 Å². The van der Waals surface area contributed by atoms with Crippen LogP contribution in [0.1, 0.15) is 31.2 Å². The number of nitrogens with zero attached hydrogens (tertiary/aromatic N) is 2. The molecule has 1 aliphatic carbocycles. The van der Waals surface area contributed by atoms with E-state index in [1.165, 1.54) is 12.1 Å². The van der Waals surface area contributed by atoms with Gasteiger partial charge in [-0.3, -0.25) is 4.99 Å². The molecule has 2 N–H and O–H groups in total. The Morgan fingerprint density at radius 1 is 1.10 bits per heavy atom. The summed E-state index contributed by atoms with van der Waals surface area (Å²) in [6, 6.07) is 14.1. The Kier molecular flexibility index (Phi) is 5.69. The van der Waals surface area contributed by atoms with Crippen molar-refractivity contribution in [3.63, 3.8) is 0 Å². The van der Waals surface area contributed by atoms with Crippen molar-refractivity contribution < 1.29 is 8.78 Å². The molecule has 0 radical (unpaired) electrons. The first-order valence-corrected chi connectivity index (χ1v) is 10.3. The van der Waals surface area contributed by atoms with Gasteiger partial charge in [0.15, 0.2) is 5.96 Å². The van der Waals surface area contributed by atoms with Crippen molar-refractivity contribution in [1.29, 1.82) is 0 Å². The molecule has 2 aromatic rings. The second-order valence-electron chi connectivity index (χ2n) is 8.07. The Balaban J connectivity index is 1.29. The third kappa shape index (κ3) is 4.52. The van der Waals surface area contributed by atoms with Gasteiger partial charge in [0.1, 0.15) is 11.6 Å². The smallest absolute Gasteiger partial charge is 0.191 e. The molecule has 1 saturated heterocycles. The molecule has 1 heterocycles. The molecule has 2 aromatic carbocycles. The maximum Gasteiger partial charge on any atom is 0.191 e. The molecular formula is C23H28F2N4. The van der Waals surface area contributed by atoms with Gasteiger partial charge in [0.2, 0.25) is 0 Å². The van der Waals surface area contributed by atoms with Gasteiger partial charge in [-0.25, -0.2) is 8.78 Å². The monoisotopic (exact) mass is 398 g/mol. The molecule has 0 spiro atoms. The third-order valence-corrected chi connectivity index (χ3v) is 6.13. The largest absolute Gasteiger partial charge is 0.371 e. The molecule has 1 saturated carbocycles. The second kappa shape index (κ2) is 8.39. The lowest BCUT2D eigenvalue weighted by Crippen LogP contribution is -2.50. The second-order valence-corrected chi connectivity index (χ2v) is 8.07. The first-order valence-electron chi connectivity index (χ1n) is 10.3. The summed E-state index contributed by atoms with van der Waals surface area (Å²) >= 11 is 0. The number of aliphatic imine (C=N–C) groups is 1. The van der Waals surface area contributed by atoms with Gasteiger partial charge in [-0.1, -0.05) is 24.3 Å². The molecule has 6 heteroatoms. The highest BCUT2D eigenvalue weighted by Crippen LogP contribution is 2.48. The fourth-order valence-electron chi connectivity index (χ4n) is 4.18. The Hall–Kier alpha value is -2.63. The molecule has 0 aromatic heterocycles.